The largest absolute Gasteiger partial charge is 0.543 e. The van der Waals surface area contributed by atoms with Gasteiger partial charge in [0.25, 0.3) is 11.8 Å². The van der Waals surface area contributed by atoms with E-state index >= 15 is 0 Å². The van der Waals surface area contributed by atoms with E-state index in [1.165, 1.54) is 24.3 Å². The number of hydrogen-bond donors (Lipinski definition) is 4. The molecule has 0 aliphatic carbocycles. The van der Waals surface area contributed by atoms with Crippen molar-refractivity contribution in [2.24, 2.45) is 5.16 Å². The molecule has 13 nitrogen and oxygen atoms in total. The van der Waals surface area contributed by atoms with Crippen molar-refractivity contribution in [3.8, 4) is 11.5 Å². The first-order chi connectivity index (χ1) is 19.0. The number of phenolic OH excluding ortho intramolecular Hbond substituents is 2. The summed E-state index contributed by atoms with van der Waals surface area (Å²) < 4.78 is 0.561. The second-order valence-electron chi connectivity index (χ2n) is 9.85. The third-order valence-electron chi connectivity index (χ3n) is 6.91. The summed E-state index contributed by atoms with van der Waals surface area (Å²) in [7, 11) is 3.29. The molecule has 2 amide bonds. The van der Waals surface area contributed by atoms with Crippen molar-refractivity contribution in [1.29, 1.82) is 0 Å². The van der Waals surface area contributed by atoms with E-state index in [4.69, 9.17) is 10.6 Å². The highest BCUT2D eigenvalue weighted by atomic mass is 32.2. The average Bonchev–Trinajstić information content (AvgIpc) is 3.47. The number of phenols is 2. The van der Waals surface area contributed by atoms with Crippen LogP contribution in [0.15, 0.2) is 46.1 Å². The summed E-state index contributed by atoms with van der Waals surface area (Å²) >= 11 is 2.43. The molecular formula is C25H26N6O7S2. The first-order valence-electron chi connectivity index (χ1n) is 12.1. The topological polar surface area (TPSA) is 190 Å². The lowest BCUT2D eigenvalue weighted by Gasteiger charge is -2.50. The molecule has 15 heteroatoms. The number of quaternary nitrogens is 1. The van der Waals surface area contributed by atoms with E-state index < -0.39 is 29.2 Å². The van der Waals surface area contributed by atoms with E-state index in [2.05, 4.69) is 15.5 Å². The summed E-state index contributed by atoms with van der Waals surface area (Å²) in [5.41, 5.74) is 7.76. The fraction of sp³-hybridized carbons (Fsp3) is 0.320. The number of hydrogen-bond acceptors (Lipinski definition) is 12. The van der Waals surface area contributed by atoms with E-state index in [-0.39, 0.29) is 39.5 Å². The monoisotopic (exact) mass is 586 g/mol. The minimum absolute atomic E-state index is 0.159. The van der Waals surface area contributed by atoms with Gasteiger partial charge in [-0.2, -0.15) is 0 Å². The van der Waals surface area contributed by atoms with Gasteiger partial charge < -0.3 is 40.5 Å². The highest BCUT2D eigenvalue weighted by Gasteiger charge is 2.53. The molecule has 5 rings (SSSR count). The van der Waals surface area contributed by atoms with Crippen LogP contribution in [0.25, 0.3) is 0 Å². The Kier molecular flexibility index (Phi) is 7.20. The Morgan fingerprint density at radius 3 is 2.58 bits per heavy atom. The molecule has 3 aliphatic rings. The molecule has 2 aromatic rings. The zero-order valence-electron chi connectivity index (χ0n) is 21.5. The van der Waals surface area contributed by atoms with Crippen molar-refractivity contribution in [3.05, 3.63) is 57.8 Å². The van der Waals surface area contributed by atoms with Crippen molar-refractivity contribution in [3.63, 3.8) is 0 Å². The maximum absolute atomic E-state index is 13.0. The summed E-state index contributed by atoms with van der Waals surface area (Å²) in [5.74, 6) is -2.82. The molecule has 1 aromatic carbocycles. The molecule has 0 spiro atoms. The van der Waals surface area contributed by atoms with E-state index in [1.54, 1.807) is 18.2 Å². The third kappa shape index (κ3) is 4.98. The maximum Gasteiger partial charge on any atom is 0.276 e. The van der Waals surface area contributed by atoms with Crippen molar-refractivity contribution < 1.29 is 39.0 Å². The summed E-state index contributed by atoms with van der Waals surface area (Å²) in [6, 6.07) is 2.15. The van der Waals surface area contributed by atoms with Crippen molar-refractivity contribution in [2.45, 2.75) is 24.5 Å². The van der Waals surface area contributed by atoms with E-state index in [0.717, 1.165) is 27.4 Å². The van der Waals surface area contributed by atoms with Crippen LogP contribution in [-0.2, 0) is 32.3 Å². The van der Waals surface area contributed by atoms with E-state index in [1.807, 2.05) is 13.1 Å². The van der Waals surface area contributed by atoms with Crippen LogP contribution in [0, 0.1) is 0 Å². The number of amides is 2. The number of aromatic nitrogens is 1. The Labute approximate surface area is 236 Å². The first-order valence-corrected chi connectivity index (χ1v) is 14.0. The van der Waals surface area contributed by atoms with Crippen LogP contribution < -0.4 is 16.2 Å². The molecule has 4 heterocycles. The lowest BCUT2D eigenvalue weighted by atomic mass is 10.0. The second kappa shape index (κ2) is 10.5. The molecule has 5 N–H and O–H groups in total. The predicted octanol–water partition coefficient (Wildman–Crippen LogP) is -0.392. The van der Waals surface area contributed by atoms with Crippen molar-refractivity contribution in [2.75, 3.05) is 32.2 Å². The Morgan fingerprint density at radius 2 is 2.00 bits per heavy atom. The number of anilines is 1. The Balaban J connectivity index is 1.28. The molecule has 2 atom stereocenters. The number of carboxylic acids is 1. The standard InChI is InChI=1S/C25H26N6O7S2/c1-31(8-13-6-16(32)17(33)7-14(13)9-31)5-3-4-12-10-39-23-19(22(35)30(23)20(12)24(36)37)28-21(34)18(29-38-2)15-11-40-25(26)27-15/h3-4,6-7,11,19,23H,5,8-10H2,1-2H3,(H5-,26,27,28,29,32,33,34,36,37)/b4-3-/t19?,23-/m1/s1. The Bertz CT molecular complexity index is 1470. The number of carboxylic acid groups (broad SMARTS) is 1. The number of oxime groups is 1. The molecule has 1 fully saturated rings. The summed E-state index contributed by atoms with van der Waals surface area (Å²) in [5, 5.41) is 39.2. The van der Waals surface area contributed by atoms with Gasteiger partial charge in [0.05, 0.1) is 25.3 Å². The van der Waals surface area contributed by atoms with Gasteiger partial charge in [0.15, 0.2) is 22.3 Å². The van der Waals surface area contributed by atoms with Gasteiger partial charge in [-0.3, -0.25) is 14.5 Å². The number of carbonyl (C=O) groups is 3. The first kappa shape index (κ1) is 27.5. The van der Waals surface area contributed by atoms with Gasteiger partial charge in [-0.15, -0.1) is 23.1 Å². The zero-order chi connectivity index (χ0) is 28.8. The summed E-state index contributed by atoms with van der Waals surface area (Å²) in [6.07, 6.45) is 3.53. The number of aromatic hydroxyl groups is 2. The van der Waals surface area contributed by atoms with E-state index in [9.17, 15) is 29.7 Å². The van der Waals surface area contributed by atoms with Crippen LogP contribution in [0.1, 0.15) is 16.8 Å². The number of benzene rings is 1. The van der Waals surface area contributed by atoms with Gasteiger partial charge in [-0.1, -0.05) is 11.2 Å². The number of allylic oxidation sites excluding steroid dienone is 1. The number of nitrogens with one attached hydrogen (secondary N) is 1. The number of nitrogens with zero attached hydrogens (tertiary/aromatic N) is 4. The number of nitrogen functional groups attached to an aromatic ring is 1. The number of rotatable bonds is 8. The molecule has 210 valence electrons. The number of thioether (sulfide) groups is 1. The summed E-state index contributed by atoms with van der Waals surface area (Å²) in [4.78, 5) is 48.0. The molecular weight excluding hydrogens is 560 g/mol. The van der Waals surface area contributed by atoms with Crippen LogP contribution in [0.5, 0.6) is 11.5 Å². The molecule has 1 aromatic heterocycles. The molecule has 1 saturated heterocycles. The second-order valence-corrected chi connectivity index (χ2v) is 11.8. The minimum Gasteiger partial charge on any atom is -0.543 e. The third-order valence-corrected chi connectivity index (χ3v) is 8.88. The molecule has 0 radical (unpaired) electrons. The zero-order valence-corrected chi connectivity index (χ0v) is 23.1. The molecule has 0 bridgehead atoms. The minimum atomic E-state index is -1.48. The molecule has 3 aliphatic heterocycles. The number of aliphatic carboxylic acids is 1. The predicted molar refractivity (Wildman–Crippen MR) is 144 cm³/mol. The fourth-order valence-corrected chi connectivity index (χ4v) is 6.94. The van der Waals surface area contributed by atoms with Crippen LogP contribution in [-0.4, -0.2) is 85.9 Å². The highest BCUT2D eigenvalue weighted by Crippen LogP contribution is 2.41. The van der Waals surface area contributed by atoms with Crippen LogP contribution in [0.2, 0.25) is 0 Å². The average molecular weight is 587 g/mol. The van der Waals surface area contributed by atoms with Gasteiger partial charge in [0, 0.05) is 22.3 Å². The maximum atomic E-state index is 13.0. The lowest BCUT2D eigenvalue weighted by molar-refractivity contribution is -0.923. The van der Waals surface area contributed by atoms with Crippen molar-refractivity contribution in [1.82, 2.24) is 15.2 Å². The van der Waals surface area contributed by atoms with Crippen LogP contribution >= 0.6 is 23.1 Å². The quantitative estimate of drug-likeness (QED) is 0.104. The van der Waals surface area contributed by atoms with Gasteiger partial charge in [0.2, 0.25) is 0 Å². The lowest BCUT2D eigenvalue weighted by Crippen LogP contribution is -2.71. The molecule has 0 saturated carbocycles. The highest BCUT2D eigenvalue weighted by molar-refractivity contribution is 8.00. The number of β-lactam (4-membered cyclic amide) rings is 1. The van der Waals surface area contributed by atoms with E-state index in [0.29, 0.717) is 29.7 Å². The number of fused-ring (bicyclic) bond motifs is 2. The van der Waals surface area contributed by atoms with Gasteiger partial charge in [0.1, 0.15) is 37.3 Å². The summed E-state index contributed by atoms with van der Waals surface area (Å²) in [6.45, 7) is 1.80. The molecule has 40 heavy (non-hydrogen) atoms. The number of thiazole rings is 1. The van der Waals surface area contributed by atoms with Crippen molar-refractivity contribution >= 4 is 51.7 Å². The number of carbonyl (C=O) groups excluding carboxylic acids is 3. The SMILES string of the molecule is CO/N=C(\C(=O)NC1C(=O)N2C(C(=O)[O-])=C(/C=C\C[N+]3(C)Cc4cc(O)c(O)cc4C3)CS[C@H]12)c1csc(N)n1. The van der Waals surface area contributed by atoms with Gasteiger partial charge in [-0.25, -0.2) is 4.98 Å². The Hall–Kier alpha value is -4.08. The smallest absolute Gasteiger partial charge is 0.276 e. The van der Waals surface area contributed by atoms with Crippen LogP contribution in [0.4, 0.5) is 5.13 Å². The fourth-order valence-electron chi connectivity index (χ4n) is 5.08. The van der Waals surface area contributed by atoms with Crippen LogP contribution in [0.3, 0.4) is 0 Å². The van der Waals surface area contributed by atoms with Gasteiger partial charge >= 0.3 is 0 Å². The molecule has 1 unspecified atom stereocenters. The normalized spacial score (nSPS) is 21.7. The Morgan fingerprint density at radius 1 is 1.32 bits per heavy atom. The number of likely N-dealkylation sites (N-methyl/N-ethyl adjacent to an activating group) is 1. The number of nitrogens with two attached hydrogens (primary N) is 1. The van der Waals surface area contributed by atoms with Gasteiger partial charge in [-0.05, 0) is 23.8 Å².